The second kappa shape index (κ2) is 5.23. The van der Waals surface area contributed by atoms with Gasteiger partial charge < -0.3 is 4.90 Å². The molecule has 0 spiro atoms. The molecule has 2 aromatic heterocycles. The predicted molar refractivity (Wildman–Crippen MR) is 92.0 cm³/mol. The van der Waals surface area contributed by atoms with Gasteiger partial charge in [-0.2, -0.15) is 0 Å². The summed E-state index contributed by atoms with van der Waals surface area (Å²) < 4.78 is 1.61. The van der Waals surface area contributed by atoms with E-state index < -0.39 is 0 Å². The van der Waals surface area contributed by atoms with Crippen LogP contribution in [0.5, 0.6) is 0 Å². The molecule has 0 saturated carbocycles. The highest BCUT2D eigenvalue weighted by atomic mass is 16.1. The van der Waals surface area contributed by atoms with Crippen LogP contribution in [0.25, 0.3) is 5.65 Å². The SMILES string of the molecule is Cc1ccc2nc(CN3c4ccccc4CC3C)cc(=O)n2c1. The third kappa shape index (κ3) is 2.40. The summed E-state index contributed by atoms with van der Waals surface area (Å²) in [4.78, 5) is 19.4. The van der Waals surface area contributed by atoms with Crippen LogP contribution in [0.4, 0.5) is 5.69 Å². The quantitative estimate of drug-likeness (QED) is 0.730. The Morgan fingerprint density at radius 3 is 2.91 bits per heavy atom. The molecule has 0 radical (unpaired) electrons. The van der Waals surface area contributed by atoms with Crippen molar-refractivity contribution in [3.63, 3.8) is 0 Å². The van der Waals surface area contributed by atoms with E-state index in [1.807, 2.05) is 25.3 Å². The van der Waals surface area contributed by atoms with Crippen molar-refractivity contribution in [2.75, 3.05) is 4.90 Å². The molecule has 116 valence electrons. The van der Waals surface area contributed by atoms with Gasteiger partial charge in [-0.05, 0) is 43.5 Å². The van der Waals surface area contributed by atoms with E-state index in [1.54, 1.807) is 10.5 Å². The van der Waals surface area contributed by atoms with Gasteiger partial charge in [0.05, 0.1) is 12.2 Å². The molecule has 3 heterocycles. The Kier molecular flexibility index (Phi) is 3.18. The van der Waals surface area contributed by atoms with E-state index >= 15 is 0 Å². The van der Waals surface area contributed by atoms with Crippen molar-refractivity contribution in [1.82, 2.24) is 9.38 Å². The first kappa shape index (κ1) is 14.0. The zero-order valence-corrected chi connectivity index (χ0v) is 13.4. The van der Waals surface area contributed by atoms with Crippen molar-refractivity contribution in [2.45, 2.75) is 32.9 Å². The fraction of sp³-hybridized carbons (Fsp3) is 0.263. The summed E-state index contributed by atoms with van der Waals surface area (Å²) in [5.41, 5.74) is 5.18. The molecule has 0 bridgehead atoms. The van der Waals surface area contributed by atoms with Crippen molar-refractivity contribution >= 4 is 11.3 Å². The number of nitrogens with zero attached hydrogens (tertiary/aromatic N) is 3. The number of anilines is 1. The molecular weight excluding hydrogens is 286 g/mol. The van der Waals surface area contributed by atoms with Gasteiger partial charge in [-0.1, -0.05) is 24.3 Å². The van der Waals surface area contributed by atoms with Crippen LogP contribution in [0, 0.1) is 6.92 Å². The van der Waals surface area contributed by atoms with E-state index in [9.17, 15) is 4.79 Å². The van der Waals surface area contributed by atoms with Gasteiger partial charge in [0, 0.05) is 24.0 Å². The van der Waals surface area contributed by atoms with Crippen molar-refractivity contribution in [1.29, 1.82) is 0 Å². The van der Waals surface area contributed by atoms with Gasteiger partial charge in [-0.25, -0.2) is 4.98 Å². The number of fused-ring (bicyclic) bond motifs is 2. The Hall–Kier alpha value is -2.62. The molecule has 0 fully saturated rings. The molecule has 0 aliphatic carbocycles. The number of aromatic nitrogens is 2. The Bertz CT molecular complexity index is 945. The molecule has 1 aliphatic heterocycles. The first-order valence-corrected chi connectivity index (χ1v) is 7.95. The fourth-order valence-electron chi connectivity index (χ4n) is 3.38. The number of para-hydroxylation sites is 1. The number of hydrogen-bond donors (Lipinski definition) is 0. The third-order valence-corrected chi connectivity index (χ3v) is 4.54. The Morgan fingerprint density at radius 2 is 2.04 bits per heavy atom. The first-order chi connectivity index (χ1) is 11.1. The summed E-state index contributed by atoms with van der Waals surface area (Å²) in [6.07, 6.45) is 2.88. The predicted octanol–water partition coefficient (Wildman–Crippen LogP) is 2.95. The normalized spacial score (nSPS) is 16.8. The molecule has 1 unspecified atom stereocenters. The number of pyridine rings is 1. The summed E-state index contributed by atoms with van der Waals surface area (Å²) >= 11 is 0. The lowest BCUT2D eigenvalue weighted by atomic mass is 10.1. The minimum Gasteiger partial charge on any atom is -0.362 e. The third-order valence-electron chi connectivity index (χ3n) is 4.54. The molecule has 4 rings (SSSR count). The molecule has 4 nitrogen and oxygen atoms in total. The minimum absolute atomic E-state index is 0.0196. The van der Waals surface area contributed by atoms with Crippen LogP contribution in [0.3, 0.4) is 0 Å². The monoisotopic (exact) mass is 305 g/mol. The molecule has 3 aromatic rings. The topological polar surface area (TPSA) is 37.6 Å². The second-order valence-corrected chi connectivity index (χ2v) is 6.33. The van der Waals surface area contributed by atoms with E-state index in [0.717, 1.165) is 17.7 Å². The number of rotatable bonds is 2. The summed E-state index contributed by atoms with van der Waals surface area (Å²) in [7, 11) is 0. The maximum Gasteiger partial charge on any atom is 0.258 e. The highest BCUT2D eigenvalue weighted by Gasteiger charge is 2.25. The first-order valence-electron chi connectivity index (χ1n) is 7.95. The van der Waals surface area contributed by atoms with Gasteiger partial charge in [0.2, 0.25) is 0 Å². The minimum atomic E-state index is -0.0196. The Labute approximate surface area is 135 Å². The van der Waals surface area contributed by atoms with Crippen molar-refractivity contribution in [3.8, 4) is 0 Å². The van der Waals surface area contributed by atoms with Crippen molar-refractivity contribution in [3.05, 3.63) is 75.8 Å². The molecule has 0 saturated heterocycles. The van der Waals surface area contributed by atoms with E-state index in [2.05, 4.69) is 41.1 Å². The Morgan fingerprint density at radius 1 is 1.22 bits per heavy atom. The number of hydrogen-bond acceptors (Lipinski definition) is 3. The molecule has 23 heavy (non-hydrogen) atoms. The van der Waals surface area contributed by atoms with Crippen LogP contribution < -0.4 is 10.5 Å². The van der Waals surface area contributed by atoms with Gasteiger partial charge in [0.15, 0.2) is 0 Å². The average Bonchev–Trinajstić information content (AvgIpc) is 2.84. The lowest BCUT2D eigenvalue weighted by molar-refractivity contribution is 0.664. The van der Waals surface area contributed by atoms with Crippen LogP contribution in [-0.4, -0.2) is 15.4 Å². The van der Waals surface area contributed by atoms with Crippen LogP contribution in [0.2, 0.25) is 0 Å². The van der Waals surface area contributed by atoms with E-state index in [1.165, 1.54) is 11.3 Å². The largest absolute Gasteiger partial charge is 0.362 e. The van der Waals surface area contributed by atoms with Gasteiger partial charge >= 0.3 is 0 Å². The zero-order chi connectivity index (χ0) is 16.0. The van der Waals surface area contributed by atoms with E-state index in [-0.39, 0.29) is 5.56 Å². The molecule has 1 atom stereocenters. The maximum absolute atomic E-state index is 12.4. The highest BCUT2D eigenvalue weighted by Crippen LogP contribution is 2.32. The lowest BCUT2D eigenvalue weighted by Crippen LogP contribution is -2.30. The Balaban J connectivity index is 1.74. The van der Waals surface area contributed by atoms with Gasteiger partial charge in [-0.15, -0.1) is 0 Å². The summed E-state index contributed by atoms with van der Waals surface area (Å²) in [5.74, 6) is 0. The standard InChI is InChI=1S/C19H19N3O/c1-13-7-8-18-20-16(10-19(23)22(18)11-13)12-21-14(2)9-15-5-3-4-6-17(15)21/h3-8,10-11,14H,9,12H2,1-2H3. The fourth-order valence-corrected chi connectivity index (χ4v) is 3.38. The van der Waals surface area contributed by atoms with Gasteiger partial charge in [0.1, 0.15) is 5.65 Å². The highest BCUT2D eigenvalue weighted by molar-refractivity contribution is 5.59. The number of aryl methyl sites for hydroxylation is 1. The molecule has 0 N–H and O–H groups in total. The molecule has 4 heteroatoms. The van der Waals surface area contributed by atoms with Crippen molar-refractivity contribution in [2.24, 2.45) is 0 Å². The smallest absolute Gasteiger partial charge is 0.258 e. The lowest BCUT2D eigenvalue weighted by Gasteiger charge is -2.24. The van der Waals surface area contributed by atoms with Gasteiger partial charge in [0.25, 0.3) is 5.56 Å². The molecule has 0 amide bonds. The van der Waals surface area contributed by atoms with Crippen LogP contribution in [0.15, 0.2) is 53.5 Å². The van der Waals surface area contributed by atoms with Crippen molar-refractivity contribution < 1.29 is 0 Å². The second-order valence-electron chi connectivity index (χ2n) is 6.33. The zero-order valence-electron chi connectivity index (χ0n) is 13.4. The number of benzene rings is 1. The van der Waals surface area contributed by atoms with E-state index in [0.29, 0.717) is 18.2 Å². The molecular formula is C19H19N3O. The van der Waals surface area contributed by atoms with Crippen LogP contribution in [0.1, 0.15) is 23.7 Å². The summed E-state index contributed by atoms with van der Waals surface area (Å²) in [6.45, 7) is 4.86. The summed E-state index contributed by atoms with van der Waals surface area (Å²) in [6, 6.07) is 14.4. The van der Waals surface area contributed by atoms with Gasteiger partial charge in [-0.3, -0.25) is 9.20 Å². The molecule has 1 aromatic carbocycles. The summed E-state index contributed by atoms with van der Waals surface area (Å²) in [5, 5.41) is 0. The van der Waals surface area contributed by atoms with E-state index in [4.69, 9.17) is 0 Å². The van der Waals surface area contributed by atoms with Crippen LogP contribution >= 0.6 is 0 Å². The average molecular weight is 305 g/mol. The van der Waals surface area contributed by atoms with Crippen LogP contribution in [-0.2, 0) is 13.0 Å². The maximum atomic E-state index is 12.4. The molecule has 1 aliphatic rings.